The van der Waals surface area contributed by atoms with Crippen LogP contribution in [0, 0.1) is 0 Å². The SMILES string of the molecule is C[N+](C)(CCCC(F)C(F)(F)C(F)(F)C(F)(F)C(F)(F)C(F)(F)C(F)(F)F)CC(=O)O. The van der Waals surface area contributed by atoms with E-state index in [2.05, 4.69) is 0 Å². The number of quaternary nitrogens is 1. The number of carbonyl (C=O) groups is 1. The van der Waals surface area contributed by atoms with E-state index in [0.29, 0.717) is 0 Å². The summed E-state index contributed by atoms with van der Waals surface area (Å²) < 4.78 is 181. The summed E-state index contributed by atoms with van der Waals surface area (Å²) >= 11 is 0. The maximum Gasteiger partial charge on any atom is 0.460 e. The standard InChI is InChI=1S/C14H15F14NO2/c1-29(2,6-8(30)31)5-3-4-7(15)9(16,17)10(18,19)11(20,21)12(22,23)13(24,25)14(26,27)28/h7H,3-6H2,1-2H3/p+1. The summed E-state index contributed by atoms with van der Waals surface area (Å²) in [5.41, 5.74) is 0. The van der Waals surface area contributed by atoms with Gasteiger partial charge in [0, 0.05) is 0 Å². The first-order valence-electron chi connectivity index (χ1n) is 7.93. The van der Waals surface area contributed by atoms with Crippen molar-refractivity contribution in [1.29, 1.82) is 0 Å². The highest BCUT2D eigenvalue weighted by atomic mass is 19.4. The van der Waals surface area contributed by atoms with E-state index in [-0.39, 0.29) is 0 Å². The second-order valence-corrected chi connectivity index (χ2v) is 7.24. The number of hydrogen-bond acceptors (Lipinski definition) is 1. The second-order valence-electron chi connectivity index (χ2n) is 7.24. The van der Waals surface area contributed by atoms with Gasteiger partial charge in [0.2, 0.25) is 0 Å². The zero-order valence-corrected chi connectivity index (χ0v) is 15.5. The third-order valence-corrected chi connectivity index (χ3v) is 4.14. The van der Waals surface area contributed by atoms with Crippen LogP contribution >= 0.6 is 0 Å². The zero-order chi connectivity index (χ0) is 25.5. The molecule has 0 rings (SSSR count). The van der Waals surface area contributed by atoms with Crippen molar-refractivity contribution in [3.63, 3.8) is 0 Å². The van der Waals surface area contributed by atoms with E-state index in [4.69, 9.17) is 5.11 Å². The van der Waals surface area contributed by atoms with Gasteiger partial charge in [-0.2, -0.15) is 57.1 Å². The first-order chi connectivity index (χ1) is 13.3. The Balaban J connectivity index is 5.78. The van der Waals surface area contributed by atoms with Gasteiger partial charge in [-0.1, -0.05) is 0 Å². The lowest BCUT2D eigenvalue weighted by Crippen LogP contribution is -2.71. The maximum absolute atomic E-state index is 13.6. The molecule has 0 saturated heterocycles. The first-order valence-corrected chi connectivity index (χ1v) is 7.93. The molecular formula is C14H16F14NO2+. The lowest BCUT2D eigenvalue weighted by atomic mass is 9.91. The predicted octanol–water partition coefficient (Wildman–Crippen LogP) is 5.00. The van der Waals surface area contributed by atoms with Crippen LogP contribution in [0.5, 0.6) is 0 Å². The topological polar surface area (TPSA) is 37.3 Å². The summed E-state index contributed by atoms with van der Waals surface area (Å²) in [6.45, 7) is -1.20. The number of halogens is 14. The lowest BCUT2D eigenvalue weighted by molar-refractivity contribution is -0.883. The number of nitrogens with zero attached hydrogens (tertiary/aromatic N) is 1. The van der Waals surface area contributed by atoms with E-state index in [1.807, 2.05) is 0 Å². The fourth-order valence-electron chi connectivity index (χ4n) is 2.30. The van der Waals surface area contributed by atoms with E-state index in [0.717, 1.165) is 14.1 Å². The zero-order valence-electron chi connectivity index (χ0n) is 15.5. The molecule has 0 spiro atoms. The van der Waals surface area contributed by atoms with Crippen molar-refractivity contribution in [3.8, 4) is 0 Å². The number of hydrogen-bond donors (Lipinski definition) is 1. The van der Waals surface area contributed by atoms with Gasteiger partial charge in [-0.15, -0.1) is 0 Å². The molecule has 0 heterocycles. The Morgan fingerprint density at radius 1 is 0.774 bits per heavy atom. The van der Waals surface area contributed by atoms with Crippen LogP contribution < -0.4 is 0 Å². The first kappa shape index (κ1) is 29.5. The van der Waals surface area contributed by atoms with Crippen molar-refractivity contribution in [1.82, 2.24) is 0 Å². The predicted molar refractivity (Wildman–Crippen MR) is 74.4 cm³/mol. The number of likely N-dealkylation sites (N-methyl/N-ethyl adjacent to an activating group) is 1. The number of alkyl halides is 14. The molecule has 17 heteroatoms. The molecule has 0 fully saturated rings. The van der Waals surface area contributed by atoms with Crippen molar-refractivity contribution >= 4 is 5.97 Å². The van der Waals surface area contributed by atoms with E-state index in [9.17, 15) is 66.3 Å². The second kappa shape index (κ2) is 8.42. The molecular weight excluding hydrogens is 480 g/mol. The van der Waals surface area contributed by atoms with Crippen molar-refractivity contribution < 1.29 is 75.8 Å². The Morgan fingerprint density at radius 2 is 1.16 bits per heavy atom. The van der Waals surface area contributed by atoms with Crippen molar-refractivity contribution in [2.45, 2.75) is 54.8 Å². The Kier molecular flexibility index (Phi) is 8.00. The van der Waals surface area contributed by atoms with Crippen LogP contribution in [0.25, 0.3) is 0 Å². The highest BCUT2D eigenvalue weighted by molar-refractivity contribution is 5.67. The van der Waals surface area contributed by atoms with Crippen LogP contribution in [-0.4, -0.2) is 84.7 Å². The Bertz CT molecular complexity index is 643. The van der Waals surface area contributed by atoms with Crippen LogP contribution in [0.4, 0.5) is 61.5 Å². The third-order valence-electron chi connectivity index (χ3n) is 4.14. The fourth-order valence-corrected chi connectivity index (χ4v) is 2.30. The largest absolute Gasteiger partial charge is 0.477 e. The average Bonchev–Trinajstić information content (AvgIpc) is 2.51. The molecule has 31 heavy (non-hydrogen) atoms. The van der Waals surface area contributed by atoms with Gasteiger partial charge < -0.3 is 9.59 Å². The molecule has 3 nitrogen and oxygen atoms in total. The van der Waals surface area contributed by atoms with Crippen LogP contribution in [0.15, 0.2) is 0 Å². The summed E-state index contributed by atoms with van der Waals surface area (Å²) in [6.07, 6.45) is -14.6. The quantitative estimate of drug-likeness (QED) is 0.323. The Hall–Kier alpha value is -1.55. The molecule has 0 amide bonds. The van der Waals surface area contributed by atoms with Gasteiger partial charge in [-0.25, -0.2) is 9.18 Å². The molecule has 1 atom stereocenters. The molecule has 1 N–H and O–H groups in total. The Labute approximate surface area is 165 Å². The van der Waals surface area contributed by atoms with E-state index < -0.39 is 78.3 Å². The highest BCUT2D eigenvalue weighted by Crippen LogP contribution is 2.61. The van der Waals surface area contributed by atoms with Crippen LogP contribution in [0.3, 0.4) is 0 Å². The van der Waals surface area contributed by atoms with Crippen LogP contribution in [0.1, 0.15) is 12.8 Å². The minimum absolute atomic E-state index is 0.521. The number of aliphatic carboxylic acids is 1. The molecule has 186 valence electrons. The molecule has 0 aromatic rings. The number of rotatable bonds is 11. The van der Waals surface area contributed by atoms with Crippen molar-refractivity contribution in [2.75, 3.05) is 27.2 Å². The molecule has 0 aromatic heterocycles. The molecule has 0 aliphatic heterocycles. The monoisotopic (exact) mass is 496 g/mol. The minimum Gasteiger partial charge on any atom is -0.477 e. The van der Waals surface area contributed by atoms with Gasteiger partial charge in [-0.05, 0) is 12.8 Å². The van der Waals surface area contributed by atoms with Gasteiger partial charge in [0.1, 0.15) is 0 Å². The normalized spacial score (nSPS) is 16.4. The molecule has 0 aliphatic carbocycles. The molecule has 0 radical (unpaired) electrons. The third kappa shape index (κ3) is 5.27. The van der Waals surface area contributed by atoms with E-state index in [1.165, 1.54) is 0 Å². The minimum atomic E-state index is -8.08. The molecule has 0 aliphatic rings. The van der Waals surface area contributed by atoms with E-state index >= 15 is 0 Å². The van der Waals surface area contributed by atoms with Crippen molar-refractivity contribution in [3.05, 3.63) is 0 Å². The Morgan fingerprint density at radius 3 is 1.52 bits per heavy atom. The van der Waals surface area contributed by atoms with E-state index in [1.54, 1.807) is 0 Å². The summed E-state index contributed by atoms with van der Waals surface area (Å²) in [7, 11) is 2.31. The highest BCUT2D eigenvalue weighted by Gasteiger charge is 2.91. The summed E-state index contributed by atoms with van der Waals surface area (Å²) in [5, 5.41) is 8.58. The van der Waals surface area contributed by atoms with Crippen LogP contribution in [-0.2, 0) is 4.79 Å². The van der Waals surface area contributed by atoms with Crippen LogP contribution in [0.2, 0.25) is 0 Å². The van der Waals surface area contributed by atoms with Crippen molar-refractivity contribution in [2.24, 2.45) is 0 Å². The van der Waals surface area contributed by atoms with Gasteiger partial charge in [0.15, 0.2) is 12.7 Å². The molecule has 0 bridgehead atoms. The molecule has 0 saturated carbocycles. The van der Waals surface area contributed by atoms with Gasteiger partial charge in [-0.3, -0.25) is 0 Å². The maximum atomic E-state index is 13.6. The molecule has 0 aromatic carbocycles. The lowest BCUT2D eigenvalue weighted by Gasteiger charge is -2.40. The smallest absolute Gasteiger partial charge is 0.460 e. The summed E-state index contributed by atoms with van der Waals surface area (Å²) in [5.74, 6) is -39.9. The number of carboxylic acids is 1. The van der Waals surface area contributed by atoms with Gasteiger partial charge in [0.05, 0.1) is 20.6 Å². The summed E-state index contributed by atoms with van der Waals surface area (Å²) in [4.78, 5) is 10.6. The molecule has 1 unspecified atom stereocenters. The van der Waals surface area contributed by atoms with Gasteiger partial charge >= 0.3 is 41.8 Å². The fraction of sp³-hybridized carbons (Fsp3) is 0.929. The average molecular weight is 496 g/mol. The van der Waals surface area contributed by atoms with Gasteiger partial charge in [0.25, 0.3) is 0 Å². The summed E-state index contributed by atoms with van der Waals surface area (Å²) in [6, 6.07) is 0. The number of carboxylic acid groups (broad SMARTS) is 1.